The summed E-state index contributed by atoms with van der Waals surface area (Å²) in [5.41, 5.74) is 3.74. The normalized spacial score (nSPS) is 16.2. The third-order valence-electron chi connectivity index (χ3n) is 4.82. The van der Waals surface area contributed by atoms with E-state index in [1.807, 2.05) is 42.5 Å². The molecule has 0 amide bonds. The maximum Gasteiger partial charge on any atom is 0.338 e. The summed E-state index contributed by atoms with van der Waals surface area (Å²) in [7, 11) is 0. The second-order valence-electron chi connectivity index (χ2n) is 7.26. The molecule has 4 nitrogen and oxygen atoms in total. The second kappa shape index (κ2) is 9.51. The fourth-order valence-electron chi connectivity index (χ4n) is 3.19. The predicted octanol–water partition coefficient (Wildman–Crippen LogP) is 5.79. The van der Waals surface area contributed by atoms with Crippen LogP contribution in [0.1, 0.15) is 43.5 Å². The molecule has 0 spiro atoms. The van der Waals surface area contributed by atoms with Crippen molar-refractivity contribution in [3.63, 3.8) is 0 Å². The van der Waals surface area contributed by atoms with Crippen LogP contribution in [-0.2, 0) is 4.74 Å². The number of esters is 1. The van der Waals surface area contributed by atoms with E-state index in [4.69, 9.17) is 17.0 Å². The molecule has 0 aromatic heterocycles. The van der Waals surface area contributed by atoms with Gasteiger partial charge in [0, 0.05) is 17.8 Å². The van der Waals surface area contributed by atoms with Crippen LogP contribution in [0.4, 0.5) is 11.4 Å². The molecule has 2 aromatic rings. The van der Waals surface area contributed by atoms with Crippen LogP contribution >= 0.6 is 12.2 Å². The zero-order valence-corrected chi connectivity index (χ0v) is 17.1. The first-order chi connectivity index (χ1) is 13.5. The van der Waals surface area contributed by atoms with Crippen molar-refractivity contribution >= 4 is 34.7 Å². The van der Waals surface area contributed by atoms with Crippen molar-refractivity contribution in [2.24, 2.45) is 5.92 Å². The van der Waals surface area contributed by atoms with E-state index in [-0.39, 0.29) is 12.1 Å². The van der Waals surface area contributed by atoms with Crippen LogP contribution in [0.2, 0.25) is 0 Å². The van der Waals surface area contributed by atoms with Gasteiger partial charge >= 0.3 is 5.97 Å². The molecule has 1 aliphatic carbocycles. The largest absolute Gasteiger partial charge is 0.458 e. The SMILES string of the molecule is CC(C)C1=CCC(OC(=O)c2ccc(NC(=S)Nc3ccccc3)cc2)CC1. The molecular weight excluding hydrogens is 368 g/mol. The number of anilines is 2. The Bertz CT molecular complexity index is 845. The third-order valence-corrected chi connectivity index (χ3v) is 5.03. The van der Waals surface area contributed by atoms with E-state index in [0.29, 0.717) is 16.6 Å². The number of carbonyl (C=O) groups is 1. The van der Waals surface area contributed by atoms with E-state index >= 15 is 0 Å². The number of allylic oxidation sites excluding steroid dienone is 1. The number of ether oxygens (including phenoxy) is 1. The van der Waals surface area contributed by atoms with Crippen LogP contribution < -0.4 is 10.6 Å². The molecule has 146 valence electrons. The van der Waals surface area contributed by atoms with Gasteiger partial charge in [-0.1, -0.05) is 43.7 Å². The van der Waals surface area contributed by atoms with Crippen molar-refractivity contribution < 1.29 is 9.53 Å². The van der Waals surface area contributed by atoms with Crippen LogP contribution in [0.25, 0.3) is 0 Å². The Morgan fingerprint density at radius 3 is 2.25 bits per heavy atom. The maximum absolute atomic E-state index is 12.4. The molecular formula is C23H26N2O2S. The van der Waals surface area contributed by atoms with Crippen molar-refractivity contribution in [3.05, 3.63) is 71.8 Å². The number of hydrogen-bond acceptors (Lipinski definition) is 3. The number of carbonyl (C=O) groups excluding carboxylic acids is 1. The van der Waals surface area contributed by atoms with Crippen molar-refractivity contribution in [2.75, 3.05) is 10.6 Å². The number of rotatable bonds is 5. The highest BCUT2D eigenvalue weighted by molar-refractivity contribution is 7.80. The average Bonchev–Trinajstić information content (AvgIpc) is 2.69. The molecule has 0 bridgehead atoms. The van der Waals surface area contributed by atoms with Gasteiger partial charge in [-0.25, -0.2) is 4.79 Å². The van der Waals surface area contributed by atoms with E-state index in [1.54, 1.807) is 12.1 Å². The van der Waals surface area contributed by atoms with Crippen molar-refractivity contribution in [1.29, 1.82) is 0 Å². The zero-order chi connectivity index (χ0) is 19.9. The quantitative estimate of drug-likeness (QED) is 0.382. The minimum Gasteiger partial charge on any atom is -0.458 e. The first kappa shape index (κ1) is 20.1. The number of benzene rings is 2. The summed E-state index contributed by atoms with van der Waals surface area (Å²) in [4.78, 5) is 12.4. The summed E-state index contributed by atoms with van der Waals surface area (Å²) in [5, 5.41) is 6.73. The van der Waals surface area contributed by atoms with Crippen molar-refractivity contribution in [1.82, 2.24) is 0 Å². The smallest absolute Gasteiger partial charge is 0.338 e. The summed E-state index contributed by atoms with van der Waals surface area (Å²) in [6.07, 6.45) is 4.90. The summed E-state index contributed by atoms with van der Waals surface area (Å²) < 4.78 is 5.66. The van der Waals surface area contributed by atoms with Gasteiger partial charge in [0.05, 0.1) is 5.56 Å². The molecule has 3 rings (SSSR count). The lowest BCUT2D eigenvalue weighted by molar-refractivity contribution is 0.0277. The number of nitrogens with one attached hydrogen (secondary N) is 2. The Morgan fingerprint density at radius 1 is 1.04 bits per heavy atom. The van der Waals surface area contributed by atoms with Crippen LogP contribution in [-0.4, -0.2) is 17.2 Å². The van der Waals surface area contributed by atoms with E-state index in [1.165, 1.54) is 5.57 Å². The monoisotopic (exact) mass is 394 g/mol. The molecule has 1 aliphatic rings. The highest BCUT2D eigenvalue weighted by Gasteiger charge is 2.20. The summed E-state index contributed by atoms with van der Waals surface area (Å²) >= 11 is 5.32. The predicted molar refractivity (Wildman–Crippen MR) is 119 cm³/mol. The van der Waals surface area contributed by atoms with Gasteiger partial charge in [-0.15, -0.1) is 0 Å². The van der Waals surface area contributed by atoms with Gasteiger partial charge in [0.25, 0.3) is 0 Å². The fourth-order valence-corrected chi connectivity index (χ4v) is 3.42. The topological polar surface area (TPSA) is 50.4 Å². The molecule has 2 aromatic carbocycles. The molecule has 0 heterocycles. The van der Waals surface area contributed by atoms with Gasteiger partial charge in [0.15, 0.2) is 5.11 Å². The molecule has 2 N–H and O–H groups in total. The van der Waals surface area contributed by atoms with E-state index in [2.05, 4.69) is 30.6 Å². The van der Waals surface area contributed by atoms with Crippen LogP contribution in [0.15, 0.2) is 66.2 Å². The highest BCUT2D eigenvalue weighted by atomic mass is 32.1. The van der Waals surface area contributed by atoms with Gasteiger partial charge in [-0.2, -0.15) is 0 Å². The molecule has 0 saturated carbocycles. The standard InChI is InChI=1S/C23H26N2O2S/c1-16(2)17-10-14-21(15-11-17)27-22(26)18-8-12-20(13-9-18)25-23(28)24-19-6-4-3-5-7-19/h3-10,12-13,16,21H,11,14-15H2,1-2H3,(H2,24,25,28). The van der Waals surface area contributed by atoms with E-state index in [9.17, 15) is 4.79 Å². The Hall–Kier alpha value is -2.66. The lowest BCUT2D eigenvalue weighted by Gasteiger charge is -2.24. The van der Waals surface area contributed by atoms with Gasteiger partial charge in [0.2, 0.25) is 0 Å². The van der Waals surface area contributed by atoms with Crippen LogP contribution in [0.5, 0.6) is 0 Å². The van der Waals surface area contributed by atoms with Gasteiger partial charge in [-0.05, 0) is 67.4 Å². The summed E-state index contributed by atoms with van der Waals surface area (Å²) in [5.74, 6) is 0.294. The third kappa shape index (κ3) is 5.67. The molecule has 0 fully saturated rings. The molecule has 1 unspecified atom stereocenters. The van der Waals surface area contributed by atoms with Crippen LogP contribution in [0.3, 0.4) is 0 Å². The maximum atomic E-state index is 12.4. The van der Waals surface area contributed by atoms with Gasteiger partial charge < -0.3 is 15.4 Å². The number of thiocarbonyl (C=S) groups is 1. The molecule has 0 radical (unpaired) electrons. The van der Waals surface area contributed by atoms with Crippen LogP contribution in [0, 0.1) is 5.92 Å². The first-order valence-electron chi connectivity index (χ1n) is 9.64. The molecule has 28 heavy (non-hydrogen) atoms. The Morgan fingerprint density at radius 2 is 1.68 bits per heavy atom. The van der Waals surface area contributed by atoms with Crippen molar-refractivity contribution in [2.45, 2.75) is 39.2 Å². The molecule has 5 heteroatoms. The first-order valence-corrected chi connectivity index (χ1v) is 10.0. The molecule has 1 atom stereocenters. The Labute approximate surface area is 172 Å². The lowest BCUT2D eigenvalue weighted by Crippen LogP contribution is -2.21. The Balaban J connectivity index is 1.51. The minimum absolute atomic E-state index is 0.0320. The van der Waals surface area contributed by atoms with E-state index < -0.39 is 0 Å². The summed E-state index contributed by atoms with van der Waals surface area (Å²) in [6.45, 7) is 4.41. The highest BCUT2D eigenvalue weighted by Crippen LogP contribution is 2.26. The molecule has 0 saturated heterocycles. The van der Waals surface area contributed by atoms with E-state index in [0.717, 1.165) is 30.6 Å². The zero-order valence-electron chi connectivity index (χ0n) is 16.3. The number of para-hydroxylation sites is 1. The summed E-state index contributed by atoms with van der Waals surface area (Å²) in [6, 6.07) is 16.9. The number of hydrogen-bond donors (Lipinski definition) is 2. The second-order valence-corrected chi connectivity index (χ2v) is 7.67. The fraction of sp³-hybridized carbons (Fsp3) is 0.304. The van der Waals surface area contributed by atoms with Crippen molar-refractivity contribution in [3.8, 4) is 0 Å². The lowest BCUT2D eigenvalue weighted by atomic mass is 9.90. The molecule has 0 aliphatic heterocycles. The van der Waals surface area contributed by atoms with Gasteiger partial charge in [0.1, 0.15) is 6.10 Å². The minimum atomic E-state index is -0.275. The Kier molecular flexibility index (Phi) is 6.82. The van der Waals surface area contributed by atoms with Gasteiger partial charge in [-0.3, -0.25) is 0 Å². The average molecular weight is 395 g/mol.